The molecule has 1 aromatic carbocycles. The summed E-state index contributed by atoms with van der Waals surface area (Å²) < 4.78 is 12.7. The second-order valence-corrected chi connectivity index (χ2v) is 4.56. The van der Waals surface area contributed by atoms with Crippen LogP contribution in [-0.4, -0.2) is 29.8 Å². The van der Waals surface area contributed by atoms with Crippen LogP contribution in [0, 0.1) is 5.82 Å². The Morgan fingerprint density at radius 2 is 1.82 bits per heavy atom. The van der Waals surface area contributed by atoms with Crippen molar-refractivity contribution in [1.82, 2.24) is 21.5 Å². The van der Waals surface area contributed by atoms with E-state index in [1.54, 1.807) is 0 Å². The van der Waals surface area contributed by atoms with E-state index in [0.717, 1.165) is 12.1 Å². The van der Waals surface area contributed by atoms with E-state index >= 15 is 0 Å². The standard InChI is InChI=1S/C13H13FN4O4/c14-8-3-1-7(2-4-8)11(20)18-17-10(19)6-5-9-12(21)16-13(22)15-9/h1-4,9H,5-6H2,(H,17,19)(H,18,20)(H2,15,16,21,22). The SMILES string of the molecule is O=C(CCC1NC(=O)NC1=O)NNC(=O)c1ccc(F)cc1. The fourth-order valence-corrected chi connectivity index (χ4v) is 1.80. The summed E-state index contributed by atoms with van der Waals surface area (Å²) in [4.78, 5) is 45.3. The summed E-state index contributed by atoms with van der Waals surface area (Å²) in [5, 5.41) is 4.40. The molecule has 0 saturated carbocycles. The molecule has 0 radical (unpaired) electrons. The van der Waals surface area contributed by atoms with Crippen LogP contribution in [0.15, 0.2) is 24.3 Å². The second-order valence-electron chi connectivity index (χ2n) is 4.56. The van der Waals surface area contributed by atoms with Gasteiger partial charge in [0.1, 0.15) is 11.9 Å². The van der Waals surface area contributed by atoms with Gasteiger partial charge in [0, 0.05) is 12.0 Å². The van der Waals surface area contributed by atoms with Gasteiger partial charge in [-0.25, -0.2) is 9.18 Å². The highest BCUT2D eigenvalue weighted by Gasteiger charge is 2.29. The fraction of sp³-hybridized carbons (Fsp3) is 0.231. The van der Waals surface area contributed by atoms with E-state index in [-0.39, 0.29) is 18.4 Å². The molecular weight excluding hydrogens is 295 g/mol. The minimum absolute atomic E-state index is 0.0674. The minimum atomic E-state index is -0.758. The number of nitrogens with one attached hydrogen (secondary N) is 4. The number of amides is 5. The number of benzene rings is 1. The number of hydrogen-bond donors (Lipinski definition) is 4. The summed E-state index contributed by atoms with van der Waals surface area (Å²) in [7, 11) is 0. The maximum Gasteiger partial charge on any atom is 0.322 e. The lowest BCUT2D eigenvalue weighted by Gasteiger charge is -2.09. The number of carbonyl (C=O) groups is 4. The summed E-state index contributed by atoms with van der Waals surface area (Å²) in [5.74, 6) is -2.09. The minimum Gasteiger partial charge on any atom is -0.326 e. The zero-order chi connectivity index (χ0) is 16.1. The molecular formula is C13H13FN4O4. The van der Waals surface area contributed by atoms with Crippen LogP contribution in [0.3, 0.4) is 0 Å². The molecule has 1 atom stereocenters. The number of imide groups is 1. The van der Waals surface area contributed by atoms with E-state index in [2.05, 4.69) is 16.2 Å². The Morgan fingerprint density at radius 3 is 2.41 bits per heavy atom. The molecule has 1 aliphatic rings. The van der Waals surface area contributed by atoms with E-state index in [0.29, 0.717) is 0 Å². The number of rotatable bonds is 4. The largest absolute Gasteiger partial charge is 0.326 e. The van der Waals surface area contributed by atoms with E-state index in [9.17, 15) is 23.6 Å². The quantitative estimate of drug-likeness (QED) is 0.446. The van der Waals surface area contributed by atoms with Gasteiger partial charge >= 0.3 is 6.03 Å². The van der Waals surface area contributed by atoms with Gasteiger partial charge in [-0.1, -0.05) is 0 Å². The molecule has 1 aromatic rings. The van der Waals surface area contributed by atoms with Gasteiger partial charge in [0.25, 0.3) is 11.8 Å². The second kappa shape index (κ2) is 6.66. The Kier molecular flexibility index (Phi) is 4.66. The summed E-state index contributed by atoms with van der Waals surface area (Å²) in [6.45, 7) is 0. The van der Waals surface area contributed by atoms with Crippen molar-refractivity contribution in [3.63, 3.8) is 0 Å². The molecule has 116 valence electrons. The molecule has 9 heteroatoms. The predicted octanol–water partition coefficient (Wildman–Crippen LogP) is -0.425. The summed E-state index contributed by atoms with van der Waals surface area (Å²) in [6.07, 6.45) is 0.0396. The van der Waals surface area contributed by atoms with Crippen LogP contribution in [0.5, 0.6) is 0 Å². The van der Waals surface area contributed by atoms with Crippen molar-refractivity contribution in [2.24, 2.45) is 0 Å². The normalized spacial score (nSPS) is 16.7. The number of urea groups is 1. The third kappa shape index (κ3) is 4.01. The van der Waals surface area contributed by atoms with Gasteiger partial charge in [-0.05, 0) is 30.7 Å². The Morgan fingerprint density at radius 1 is 1.14 bits per heavy atom. The highest BCUT2D eigenvalue weighted by Crippen LogP contribution is 2.03. The number of hydrogen-bond acceptors (Lipinski definition) is 4. The highest BCUT2D eigenvalue weighted by molar-refractivity contribution is 6.04. The van der Waals surface area contributed by atoms with Crippen molar-refractivity contribution in [1.29, 1.82) is 0 Å². The van der Waals surface area contributed by atoms with Crippen LogP contribution in [0.25, 0.3) is 0 Å². The molecule has 1 unspecified atom stereocenters. The maximum atomic E-state index is 12.7. The molecule has 0 aromatic heterocycles. The molecule has 4 N–H and O–H groups in total. The molecule has 8 nitrogen and oxygen atoms in total. The molecule has 2 rings (SSSR count). The van der Waals surface area contributed by atoms with Gasteiger partial charge < -0.3 is 5.32 Å². The maximum absolute atomic E-state index is 12.7. The van der Waals surface area contributed by atoms with Gasteiger partial charge in [0.15, 0.2) is 0 Å². The van der Waals surface area contributed by atoms with Gasteiger partial charge in [-0.3, -0.25) is 30.6 Å². The van der Waals surface area contributed by atoms with Crippen molar-refractivity contribution in [3.05, 3.63) is 35.6 Å². The van der Waals surface area contributed by atoms with Crippen molar-refractivity contribution in [2.45, 2.75) is 18.9 Å². The van der Waals surface area contributed by atoms with Crippen molar-refractivity contribution < 1.29 is 23.6 Å². The average molecular weight is 308 g/mol. The fourth-order valence-electron chi connectivity index (χ4n) is 1.80. The number of carbonyl (C=O) groups excluding carboxylic acids is 4. The molecule has 1 saturated heterocycles. The van der Waals surface area contributed by atoms with Crippen LogP contribution in [0.2, 0.25) is 0 Å². The summed E-state index contributed by atoms with van der Waals surface area (Å²) >= 11 is 0. The highest BCUT2D eigenvalue weighted by atomic mass is 19.1. The first-order chi connectivity index (χ1) is 10.5. The Balaban J connectivity index is 1.73. The molecule has 22 heavy (non-hydrogen) atoms. The molecule has 1 aliphatic heterocycles. The Hall–Kier alpha value is -2.97. The molecule has 0 aliphatic carbocycles. The smallest absolute Gasteiger partial charge is 0.322 e. The lowest BCUT2D eigenvalue weighted by Crippen LogP contribution is -2.42. The first-order valence-electron chi connectivity index (χ1n) is 6.42. The van der Waals surface area contributed by atoms with Crippen molar-refractivity contribution in [2.75, 3.05) is 0 Å². The van der Waals surface area contributed by atoms with Crippen LogP contribution < -0.4 is 21.5 Å². The van der Waals surface area contributed by atoms with Crippen LogP contribution in [-0.2, 0) is 9.59 Å². The lowest BCUT2D eigenvalue weighted by atomic mass is 10.1. The first kappa shape index (κ1) is 15.4. The Labute approximate surface area is 124 Å². The third-order valence-corrected chi connectivity index (χ3v) is 2.94. The topological polar surface area (TPSA) is 116 Å². The zero-order valence-corrected chi connectivity index (χ0v) is 11.3. The Bertz CT molecular complexity index is 617. The monoisotopic (exact) mass is 308 g/mol. The van der Waals surface area contributed by atoms with E-state index in [1.807, 2.05) is 5.32 Å². The van der Waals surface area contributed by atoms with Crippen molar-refractivity contribution >= 4 is 23.8 Å². The van der Waals surface area contributed by atoms with Crippen LogP contribution in [0.1, 0.15) is 23.2 Å². The molecule has 0 bridgehead atoms. The summed E-state index contributed by atoms with van der Waals surface area (Å²) in [5.41, 5.74) is 4.52. The molecule has 1 heterocycles. The predicted molar refractivity (Wildman–Crippen MR) is 71.7 cm³/mol. The van der Waals surface area contributed by atoms with E-state index in [4.69, 9.17) is 0 Å². The van der Waals surface area contributed by atoms with E-state index < -0.39 is 35.6 Å². The van der Waals surface area contributed by atoms with Crippen molar-refractivity contribution in [3.8, 4) is 0 Å². The van der Waals surface area contributed by atoms with Gasteiger partial charge in [-0.15, -0.1) is 0 Å². The van der Waals surface area contributed by atoms with Gasteiger partial charge in [-0.2, -0.15) is 0 Å². The third-order valence-electron chi connectivity index (χ3n) is 2.94. The molecule has 0 spiro atoms. The number of halogens is 1. The van der Waals surface area contributed by atoms with Crippen LogP contribution >= 0.6 is 0 Å². The molecule has 1 fully saturated rings. The zero-order valence-electron chi connectivity index (χ0n) is 11.3. The molecule has 5 amide bonds. The van der Waals surface area contributed by atoms with Crippen LogP contribution in [0.4, 0.5) is 9.18 Å². The van der Waals surface area contributed by atoms with Gasteiger partial charge in [0.2, 0.25) is 5.91 Å². The van der Waals surface area contributed by atoms with Gasteiger partial charge in [0.05, 0.1) is 0 Å². The lowest BCUT2D eigenvalue weighted by molar-refractivity contribution is -0.122. The average Bonchev–Trinajstić information content (AvgIpc) is 2.81. The number of hydrazine groups is 1. The first-order valence-corrected chi connectivity index (χ1v) is 6.42. The van der Waals surface area contributed by atoms with E-state index in [1.165, 1.54) is 12.1 Å². The summed E-state index contributed by atoms with van der Waals surface area (Å²) in [6, 6.07) is 3.44.